The van der Waals surface area contributed by atoms with Gasteiger partial charge in [-0.05, 0) is 43.7 Å². The second-order valence-corrected chi connectivity index (χ2v) is 10.9. The number of carbonyl (C=O) groups excluding carboxylic acids is 2. The molecule has 1 heterocycles. The van der Waals surface area contributed by atoms with Gasteiger partial charge in [0.1, 0.15) is 0 Å². The topological polar surface area (TPSA) is 125 Å². The number of benzene rings is 1. The zero-order valence-corrected chi connectivity index (χ0v) is 20.2. The molecule has 1 fully saturated rings. The molecule has 0 unspecified atom stereocenters. The van der Waals surface area contributed by atoms with Gasteiger partial charge in [0, 0.05) is 43.7 Å². The van der Waals surface area contributed by atoms with Crippen LogP contribution in [0.1, 0.15) is 50.4 Å². The van der Waals surface area contributed by atoms with Crippen LogP contribution in [-0.4, -0.2) is 76.0 Å². The van der Waals surface area contributed by atoms with Crippen molar-refractivity contribution in [3.05, 3.63) is 29.8 Å². The fourth-order valence-electron chi connectivity index (χ4n) is 3.39. The molecule has 9 nitrogen and oxygen atoms in total. The highest BCUT2D eigenvalue weighted by molar-refractivity contribution is 7.89. The van der Waals surface area contributed by atoms with E-state index in [0.29, 0.717) is 51.5 Å². The van der Waals surface area contributed by atoms with Crippen LogP contribution in [-0.2, 0) is 14.8 Å². The molecule has 0 bridgehead atoms. The van der Waals surface area contributed by atoms with E-state index in [4.69, 9.17) is 5.73 Å². The molecule has 32 heavy (non-hydrogen) atoms. The highest BCUT2D eigenvalue weighted by atomic mass is 32.2. The lowest BCUT2D eigenvalue weighted by Crippen LogP contribution is -2.53. The Balaban J connectivity index is 1.79. The summed E-state index contributed by atoms with van der Waals surface area (Å²) in [5.74, 6) is -0.127. The van der Waals surface area contributed by atoms with Gasteiger partial charge in [-0.25, -0.2) is 13.1 Å². The van der Waals surface area contributed by atoms with Crippen LogP contribution in [0.25, 0.3) is 0 Å². The van der Waals surface area contributed by atoms with Crippen LogP contribution < -0.4 is 15.8 Å². The third-order valence-electron chi connectivity index (χ3n) is 5.36. The predicted octanol–water partition coefficient (Wildman–Crippen LogP) is 0.972. The van der Waals surface area contributed by atoms with E-state index in [2.05, 4.69) is 14.9 Å². The second-order valence-electron chi connectivity index (χ2n) is 9.10. The smallest absolute Gasteiger partial charge is 0.252 e. The standard InChI is InChI=1S/C22H37N5O4S/c1-22(2,3)21(29)27-15-13-26(14-16-27)17-24-20(28)18-7-9-19(10-8-18)32(30,31)25-12-6-4-5-11-23/h7-10,25H,4-6,11-17,23H2,1-3H3,(H,24,28). The molecule has 0 atom stereocenters. The highest BCUT2D eigenvalue weighted by Crippen LogP contribution is 2.18. The number of nitrogens with two attached hydrogens (primary N) is 1. The molecule has 180 valence electrons. The van der Waals surface area contributed by atoms with Crippen molar-refractivity contribution in [2.45, 2.75) is 44.9 Å². The first-order chi connectivity index (χ1) is 15.0. The van der Waals surface area contributed by atoms with Gasteiger partial charge in [-0.15, -0.1) is 0 Å². The summed E-state index contributed by atoms with van der Waals surface area (Å²) in [6.45, 7) is 9.74. The van der Waals surface area contributed by atoms with Crippen molar-refractivity contribution in [1.29, 1.82) is 0 Å². The van der Waals surface area contributed by atoms with E-state index < -0.39 is 15.4 Å². The number of sulfonamides is 1. The van der Waals surface area contributed by atoms with Crippen LogP contribution >= 0.6 is 0 Å². The second kappa shape index (κ2) is 11.7. The van der Waals surface area contributed by atoms with Crippen LogP contribution in [0, 0.1) is 5.41 Å². The molecule has 4 N–H and O–H groups in total. The third kappa shape index (κ3) is 7.84. The Kier molecular flexibility index (Phi) is 9.63. The van der Waals surface area contributed by atoms with Crippen molar-refractivity contribution in [3.63, 3.8) is 0 Å². The maximum Gasteiger partial charge on any atom is 0.252 e. The Morgan fingerprint density at radius 3 is 2.19 bits per heavy atom. The van der Waals surface area contributed by atoms with Gasteiger partial charge in [-0.3, -0.25) is 14.5 Å². The molecule has 2 rings (SSSR count). The number of hydrogen-bond acceptors (Lipinski definition) is 6. The Labute approximate surface area is 191 Å². The summed E-state index contributed by atoms with van der Waals surface area (Å²) in [6.07, 6.45) is 2.48. The molecule has 0 saturated carbocycles. The van der Waals surface area contributed by atoms with Gasteiger partial charge >= 0.3 is 0 Å². The van der Waals surface area contributed by atoms with Crippen molar-refractivity contribution in [2.75, 3.05) is 45.9 Å². The van der Waals surface area contributed by atoms with Crippen molar-refractivity contribution < 1.29 is 18.0 Å². The number of hydrogen-bond donors (Lipinski definition) is 3. The SMILES string of the molecule is CC(C)(C)C(=O)N1CCN(CNC(=O)c2ccc(S(=O)(=O)NCCCCCN)cc2)CC1. The molecule has 0 aliphatic carbocycles. The van der Waals surface area contributed by atoms with Crippen LogP contribution in [0.2, 0.25) is 0 Å². The van der Waals surface area contributed by atoms with Crippen LogP contribution in [0.15, 0.2) is 29.2 Å². The molecule has 0 radical (unpaired) electrons. The molecule has 2 amide bonds. The van der Waals surface area contributed by atoms with E-state index in [9.17, 15) is 18.0 Å². The molecule has 1 aromatic carbocycles. The van der Waals surface area contributed by atoms with Crippen molar-refractivity contribution in [2.24, 2.45) is 11.1 Å². The predicted molar refractivity (Wildman–Crippen MR) is 124 cm³/mol. The summed E-state index contributed by atoms with van der Waals surface area (Å²) in [5, 5.41) is 2.86. The van der Waals surface area contributed by atoms with Gasteiger partial charge in [-0.1, -0.05) is 27.2 Å². The van der Waals surface area contributed by atoms with E-state index in [0.717, 1.165) is 19.3 Å². The zero-order valence-electron chi connectivity index (χ0n) is 19.4. The summed E-state index contributed by atoms with van der Waals surface area (Å²) in [7, 11) is -3.60. The normalized spacial score (nSPS) is 15.6. The first-order valence-corrected chi connectivity index (χ1v) is 12.6. The van der Waals surface area contributed by atoms with E-state index in [-0.39, 0.29) is 16.7 Å². The van der Waals surface area contributed by atoms with Gasteiger partial charge in [-0.2, -0.15) is 0 Å². The number of carbonyl (C=O) groups is 2. The molecule has 1 aliphatic heterocycles. The average molecular weight is 468 g/mol. The van der Waals surface area contributed by atoms with E-state index >= 15 is 0 Å². The molecule has 1 saturated heterocycles. The third-order valence-corrected chi connectivity index (χ3v) is 6.84. The minimum absolute atomic E-state index is 0.132. The molecule has 1 aromatic rings. The summed E-state index contributed by atoms with van der Waals surface area (Å²) in [5.41, 5.74) is 5.44. The Morgan fingerprint density at radius 2 is 1.62 bits per heavy atom. The van der Waals surface area contributed by atoms with Gasteiger partial charge in [0.2, 0.25) is 15.9 Å². The lowest BCUT2D eigenvalue weighted by Gasteiger charge is -2.37. The van der Waals surface area contributed by atoms with Crippen molar-refractivity contribution >= 4 is 21.8 Å². The molecular formula is C22H37N5O4S. The number of rotatable bonds is 10. The van der Waals surface area contributed by atoms with E-state index in [1.165, 1.54) is 24.3 Å². The number of piperazine rings is 1. The van der Waals surface area contributed by atoms with Gasteiger partial charge in [0.15, 0.2) is 0 Å². The fourth-order valence-corrected chi connectivity index (χ4v) is 4.46. The number of amides is 2. The molecule has 1 aliphatic rings. The monoisotopic (exact) mass is 467 g/mol. The van der Waals surface area contributed by atoms with Gasteiger partial charge in [0.25, 0.3) is 5.91 Å². The minimum atomic E-state index is -3.60. The lowest BCUT2D eigenvalue weighted by molar-refractivity contribution is -0.141. The average Bonchev–Trinajstić information content (AvgIpc) is 2.76. The quantitative estimate of drug-likeness (QED) is 0.441. The summed E-state index contributed by atoms with van der Waals surface area (Å²) in [6, 6.07) is 5.90. The minimum Gasteiger partial charge on any atom is -0.340 e. The maximum atomic E-state index is 12.4. The lowest BCUT2D eigenvalue weighted by atomic mass is 9.94. The summed E-state index contributed by atoms with van der Waals surface area (Å²) >= 11 is 0. The first-order valence-electron chi connectivity index (χ1n) is 11.1. The number of unbranched alkanes of at least 4 members (excludes halogenated alkanes) is 2. The van der Waals surface area contributed by atoms with Gasteiger partial charge < -0.3 is 16.0 Å². The molecular weight excluding hydrogens is 430 g/mol. The summed E-state index contributed by atoms with van der Waals surface area (Å²) < 4.78 is 27.3. The Bertz CT molecular complexity index is 857. The van der Waals surface area contributed by atoms with Crippen molar-refractivity contribution in [1.82, 2.24) is 19.8 Å². The van der Waals surface area contributed by atoms with Crippen molar-refractivity contribution in [3.8, 4) is 0 Å². The zero-order chi connectivity index (χ0) is 23.8. The number of nitrogens with zero attached hydrogens (tertiary/aromatic N) is 2. The molecule has 0 spiro atoms. The van der Waals surface area contributed by atoms with Gasteiger partial charge in [0.05, 0.1) is 11.6 Å². The summed E-state index contributed by atoms with van der Waals surface area (Å²) in [4.78, 5) is 28.9. The van der Waals surface area contributed by atoms with Crippen LogP contribution in [0.4, 0.5) is 0 Å². The largest absolute Gasteiger partial charge is 0.340 e. The fraction of sp³-hybridized carbons (Fsp3) is 0.636. The van der Waals surface area contributed by atoms with E-state index in [1.54, 1.807) is 0 Å². The van der Waals surface area contributed by atoms with Crippen LogP contribution in [0.5, 0.6) is 0 Å². The molecule has 0 aromatic heterocycles. The Morgan fingerprint density at radius 1 is 1.00 bits per heavy atom. The van der Waals surface area contributed by atoms with E-state index in [1.807, 2.05) is 25.7 Å². The van der Waals surface area contributed by atoms with Crippen LogP contribution in [0.3, 0.4) is 0 Å². The number of nitrogens with one attached hydrogen (secondary N) is 2. The highest BCUT2D eigenvalue weighted by Gasteiger charge is 2.29. The Hall–Kier alpha value is -2.01. The maximum absolute atomic E-state index is 12.4. The first kappa shape index (κ1) is 26.2. The molecule has 10 heteroatoms.